The van der Waals surface area contributed by atoms with Crippen molar-refractivity contribution < 1.29 is 123 Å². The number of aliphatic hydroxyl groups excluding tert-OH is 1. The van der Waals surface area contributed by atoms with E-state index in [1.165, 1.54) is 6.92 Å². The standard InChI is InChI=1S/C25H40O7S.2Ac/c1-12-9-17-24(28,11-30-17)19-21(31-15(4)26)25(29)10-16(32-33-8)13(2)18(22(25,5)6)14(3)20(27)23(12,19)7;;/h12,14,16-17,19-21,27-29H,9-11H2,1-8H3;;/t12-,14+,16-,17+,19?,20+,21-,23+,24-,25+;;/m0../s1/i8T;;. The van der Waals surface area contributed by atoms with Gasteiger partial charge in [-0.05, 0) is 36.9 Å². The number of carbonyl (C=O) groups is 1. The van der Waals surface area contributed by atoms with Gasteiger partial charge in [-0.1, -0.05) is 40.2 Å². The summed E-state index contributed by atoms with van der Waals surface area (Å²) < 4.78 is 25.2. The van der Waals surface area contributed by atoms with Gasteiger partial charge in [0.25, 0.3) is 0 Å². The van der Waals surface area contributed by atoms with Crippen molar-refractivity contribution in [2.24, 2.45) is 28.6 Å². The van der Waals surface area contributed by atoms with Crippen LogP contribution in [-0.4, -0.2) is 69.7 Å². The van der Waals surface area contributed by atoms with E-state index in [0.717, 1.165) is 23.2 Å². The second-order valence-electron chi connectivity index (χ2n) is 11.6. The molecule has 0 amide bonds. The number of fused-ring (bicyclic) bond motifs is 5. The van der Waals surface area contributed by atoms with Gasteiger partial charge in [0, 0.05) is 132 Å². The van der Waals surface area contributed by atoms with E-state index in [2.05, 4.69) is 0 Å². The summed E-state index contributed by atoms with van der Waals surface area (Å²) >= 11 is 1.00. The number of carbonyl (C=O) groups excluding carboxylic acids is 1. The van der Waals surface area contributed by atoms with Crippen LogP contribution in [0.3, 0.4) is 0 Å². The first kappa shape index (κ1) is 31.8. The van der Waals surface area contributed by atoms with Crippen LogP contribution in [0.25, 0.3) is 0 Å². The van der Waals surface area contributed by atoms with Crippen LogP contribution in [0.5, 0.6) is 0 Å². The Bertz CT molecular complexity index is 890. The second kappa shape index (κ2) is 11.3. The van der Waals surface area contributed by atoms with E-state index in [1.807, 2.05) is 41.5 Å². The molecule has 1 unspecified atom stereocenters. The topological polar surface area (TPSA) is 105 Å². The zero-order valence-corrected chi connectivity index (χ0v) is 32.2. The molecule has 4 aliphatic rings. The quantitative estimate of drug-likeness (QED) is 0.226. The fourth-order valence-electron chi connectivity index (χ4n) is 7.91. The first-order valence-electron chi connectivity index (χ1n) is 12.6. The zero-order chi connectivity index (χ0) is 25.4. The van der Waals surface area contributed by atoms with E-state index >= 15 is 0 Å². The van der Waals surface area contributed by atoms with Crippen LogP contribution in [0, 0.1) is 117 Å². The van der Waals surface area contributed by atoms with Gasteiger partial charge in [0.2, 0.25) is 0 Å². The monoisotopic (exact) mass is 940 g/mol. The molecule has 0 spiro atoms. The van der Waals surface area contributed by atoms with Crippen molar-refractivity contribution >= 4 is 18.0 Å². The summed E-state index contributed by atoms with van der Waals surface area (Å²) in [5.41, 5.74) is -2.86. The number of ether oxygens (including phenoxy) is 2. The molecular formula is C25H40Ac2O7S. The van der Waals surface area contributed by atoms with Crippen LogP contribution < -0.4 is 0 Å². The number of hydrogen-bond donors (Lipinski definition) is 3. The third kappa shape index (κ3) is 4.68. The van der Waals surface area contributed by atoms with Gasteiger partial charge in [-0.15, -0.1) is 0 Å². The van der Waals surface area contributed by atoms with Gasteiger partial charge >= 0.3 is 5.97 Å². The van der Waals surface area contributed by atoms with Gasteiger partial charge in [-0.2, -0.15) is 0 Å². The summed E-state index contributed by atoms with van der Waals surface area (Å²) in [6.07, 6.45) is -2.21. The third-order valence-corrected chi connectivity index (χ3v) is 10.3. The van der Waals surface area contributed by atoms with Crippen LogP contribution in [0.1, 0.15) is 62.7 Å². The zero-order valence-electron chi connectivity index (χ0n) is 22.9. The SMILES string of the molecule is [3H]CSO[C@H]1C[C@@]2(O)[C@@H](OC(C)=O)C3[C@](C)([C@H](O)[C@H](C)C(=C1C)C2(C)C)[C@@H](C)C[C@H]1OC[C@@]31O.[Ac].[Ac]. The van der Waals surface area contributed by atoms with Crippen molar-refractivity contribution in [1.29, 1.82) is 0 Å². The van der Waals surface area contributed by atoms with E-state index in [9.17, 15) is 20.1 Å². The normalized spacial score (nSPS) is 48.4. The van der Waals surface area contributed by atoms with Crippen LogP contribution in [0.4, 0.5) is 0 Å². The maximum Gasteiger partial charge on any atom is 0.303 e. The summed E-state index contributed by atoms with van der Waals surface area (Å²) in [4.78, 5) is 12.5. The number of aliphatic hydroxyl groups is 3. The van der Waals surface area contributed by atoms with Crippen molar-refractivity contribution in [2.75, 3.05) is 12.8 Å². The van der Waals surface area contributed by atoms with Crippen molar-refractivity contribution in [1.82, 2.24) is 0 Å². The number of hydrogen-bond acceptors (Lipinski definition) is 8. The van der Waals surface area contributed by atoms with Crippen LogP contribution in [0.2, 0.25) is 0 Å². The summed E-state index contributed by atoms with van der Waals surface area (Å²) in [5, 5.41) is 36.6. The Kier molecular flexibility index (Phi) is 10.2. The predicted octanol–water partition coefficient (Wildman–Crippen LogP) is 2.86. The van der Waals surface area contributed by atoms with Gasteiger partial charge in [0.05, 0.1) is 24.9 Å². The Labute approximate surface area is 287 Å². The molecule has 0 aromatic carbocycles. The Balaban J connectivity index is 0.00000228. The average molecular weight is 941 g/mol. The van der Waals surface area contributed by atoms with E-state index in [1.54, 1.807) is 0 Å². The van der Waals surface area contributed by atoms with E-state index in [-0.39, 0.29) is 119 Å². The molecule has 194 valence electrons. The van der Waals surface area contributed by atoms with Crippen molar-refractivity contribution in [2.45, 2.75) is 96.9 Å². The molecule has 1 saturated heterocycles. The largest absolute Gasteiger partial charge is 0.459 e. The fourth-order valence-corrected chi connectivity index (χ4v) is 8.29. The third-order valence-electron chi connectivity index (χ3n) is 9.89. The van der Waals surface area contributed by atoms with Gasteiger partial charge in [0.1, 0.15) is 17.3 Å². The molecule has 10 heteroatoms. The van der Waals surface area contributed by atoms with Gasteiger partial charge in [-0.25, -0.2) is 0 Å². The summed E-state index contributed by atoms with van der Waals surface area (Å²) in [6, 6.07) is 0. The van der Waals surface area contributed by atoms with Crippen LogP contribution in [0.15, 0.2) is 11.1 Å². The molecule has 3 aliphatic carbocycles. The molecule has 1 heterocycles. The molecule has 0 aromatic heterocycles. The Hall–Kier alpha value is 2.24. The van der Waals surface area contributed by atoms with E-state index in [4.69, 9.17) is 15.0 Å². The maximum atomic E-state index is 12.6. The minimum atomic E-state index is -1.59. The molecule has 0 aromatic rings. The minimum absolute atomic E-state index is 0. The average Bonchev–Trinajstić information content (AvgIpc) is 2.74. The van der Waals surface area contributed by atoms with Crippen LogP contribution >= 0.6 is 12.0 Å². The van der Waals surface area contributed by atoms with E-state index in [0.29, 0.717) is 6.42 Å². The molecule has 7 nitrogen and oxygen atoms in total. The fraction of sp³-hybridized carbons (Fsp3) is 0.880. The van der Waals surface area contributed by atoms with Gasteiger partial charge in [0.15, 0.2) is 0 Å². The maximum absolute atomic E-state index is 12.6. The molecule has 1 aliphatic heterocycles. The van der Waals surface area contributed by atoms with Crippen molar-refractivity contribution in [3.05, 3.63) is 11.1 Å². The molecule has 35 heavy (non-hydrogen) atoms. The summed E-state index contributed by atoms with van der Waals surface area (Å²) in [7, 11) is 0. The molecule has 2 saturated carbocycles. The Morgan fingerprint density at radius 1 is 1.23 bits per heavy atom. The molecule has 2 bridgehead atoms. The number of rotatable bonds is 3. The van der Waals surface area contributed by atoms with E-state index < -0.39 is 58.3 Å². The van der Waals surface area contributed by atoms with Crippen LogP contribution in [-0.2, 0) is 18.5 Å². The molecule has 3 N–H and O–H groups in total. The summed E-state index contributed by atoms with van der Waals surface area (Å²) in [6.45, 7) is 13.2. The first-order valence-corrected chi connectivity index (χ1v) is 12.8. The summed E-state index contributed by atoms with van der Waals surface area (Å²) in [5.74, 6) is -1.71. The Morgan fingerprint density at radius 2 is 1.86 bits per heavy atom. The smallest absolute Gasteiger partial charge is 0.303 e. The van der Waals surface area contributed by atoms with Gasteiger partial charge in [-0.3, -0.25) is 4.79 Å². The van der Waals surface area contributed by atoms with Crippen molar-refractivity contribution in [3.63, 3.8) is 0 Å². The molecule has 3 fully saturated rings. The number of esters is 1. The second-order valence-corrected chi connectivity index (χ2v) is 12.0. The minimum Gasteiger partial charge on any atom is -0.459 e. The molecule has 2 radical (unpaired) electrons. The molecular weight excluding hydrogens is 898 g/mol. The molecule has 10 atom stereocenters. The molecule has 4 rings (SSSR count). The first-order chi connectivity index (χ1) is 15.7. The van der Waals surface area contributed by atoms with Crippen molar-refractivity contribution in [3.8, 4) is 0 Å². The van der Waals surface area contributed by atoms with Gasteiger partial charge < -0.3 is 29.0 Å². The predicted molar refractivity (Wildman–Crippen MR) is 125 cm³/mol. The Morgan fingerprint density at radius 3 is 2.37 bits per heavy atom.